The Morgan fingerprint density at radius 3 is 2.35 bits per heavy atom. The van der Waals surface area contributed by atoms with Crippen molar-refractivity contribution in [2.24, 2.45) is 5.73 Å². The van der Waals surface area contributed by atoms with E-state index in [2.05, 4.69) is 4.98 Å². The van der Waals surface area contributed by atoms with Crippen LogP contribution < -0.4 is 5.73 Å². The molecule has 17 heavy (non-hydrogen) atoms. The van der Waals surface area contributed by atoms with Crippen molar-refractivity contribution in [2.75, 3.05) is 0 Å². The Balaban J connectivity index is 3.51. The van der Waals surface area contributed by atoms with E-state index in [9.17, 15) is 26.7 Å². The Morgan fingerprint density at radius 2 is 2.00 bits per heavy atom. The predicted octanol–water partition coefficient (Wildman–Crippen LogP) is 2.31. The highest BCUT2D eigenvalue weighted by Crippen LogP contribution is 2.35. The van der Waals surface area contributed by atoms with Crippen LogP contribution >= 0.6 is 0 Å². The number of pyridine rings is 1. The van der Waals surface area contributed by atoms with E-state index in [1.807, 2.05) is 0 Å². The summed E-state index contributed by atoms with van der Waals surface area (Å²) < 4.78 is 62.2. The summed E-state index contributed by atoms with van der Waals surface area (Å²) in [6.07, 6.45) is -8.25. The zero-order valence-electron chi connectivity index (χ0n) is 8.26. The van der Waals surface area contributed by atoms with Gasteiger partial charge >= 0.3 is 6.18 Å². The highest BCUT2D eigenvalue weighted by Gasteiger charge is 2.38. The molecule has 0 spiro atoms. The number of nitrogens with two attached hydrogens (primary N) is 1. The molecular weight excluding hydrogens is 247 g/mol. The summed E-state index contributed by atoms with van der Waals surface area (Å²) in [6.45, 7) is -0.444. The second kappa shape index (κ2) is 4.74. The second-order valence-electron chi connectivity index (χ2n) is 3.08. The lowest BCUT2D eigenvalue weighted by Gasteiger charge is -2.13. The molecule has 0 bridgehead atoms. The van der Waals surface area contributed by atoms with E-state index in [1.54, 1.807) is 0 Å². The summed E-state index contributed by atoms with van der Waals surface area (Å²) in [4.78, 5) is 13.5. The quantitative estimate of drug-likeness (QED) is 0.665. The largest absolute Gasteiger partial charge is 0.433 e. The maximum Gasteiger partial charge on any atom is 0.433 e. The van der Waals surface area contributed by atoms with E-state index in [1.165, 1.54) is 0 Å². The van der Waals surface area contributed by atoms with Gasteiger partial charge in [0.2, 0.25) is 0 Å². The molecule has 0 fully saturated rings. The molecule has 94 valence electrons. The van der Waals surface area contributed by atoms with Crippen LogP contribution in [0, 0.1) is 0 Å². The molecule has 0 atom stereocenters. The summed E-state index contributed by atoms with van der Waals surface area (Å²) in [5.74, 6) is 0. The van der Waals surface area contributed by atoms with Gasteiger partial charge in [0.05, 0.1) is 5.69 Å². The number of nitrogens with zero attached hydrogens (tertiary/aromatic N) is 1. The number of rotatable bonds is 3. The zero-order chi connectivity index (χ0) is 13.2. The summed E-state index contributed by atoms with van der Waals surface area (Å²) in [5.41, 5.74) is 1.33. The molecule has 3 nitrogen and oxygen atoms in total. The molecule has 0 saturated heterocycles. The number of aromatic nitrogens is 1. The van der Waals surface area contributed by atoms with Crippen LogP contribution in [-0.2, 0) is 12.7 Å². The highest BCUT2D eigenvalue weighted by atomic mass is 19.4. The molecule has 0 aliphatic rings. The maximum atomic E-state index is 12.4. The number of hydrogen-bond acceptors (Lipinski definition) is 3. The molecule has 0 amide bonds. The van der Waals surface area contributed by atoms with E-state index in [-0.39, 0.29) is 17.5 Å². The number of alkyl halides is 5. The molecule has 0 radical (unpaired) electrons. The molecule has 1 aromatic heterocycles. The summed E-state index contributed by atoms with van der Waals surface area (Å²) in [6, 6.07) is 0.468. The lowest BCUT2D eigenvalue weighted by Crippen LogP contribution is -2.17. The normalized spacial score (nSPS) is 11.9. The molecule has 0 saturated carbocycles. The van der Waals surface area contributed by atoms with E-state index in [0.717, 1.165) is 0 Å². The lowest BCUT2D eigenvalue weighted by molar-refractivity contribution is -0.143. The van der Waals surface area contributed by atoms with Gasteiger partial charge in [-0.2, -0.15) is 13.2 Å². The van der Waals surface area contributed by atoms with Crippen molar-refractivity contribution in [3.63, 3.8) is 0 Å². The van der Waals surface area contributed by atoms with Gasteiger partial charge in [0.1, 0.15) is 0 Å². The Hall–Kier alpha value is -1.57. The van der Waals surface area contributed by atoms with Crippen molar-refractivity contribution in [3.8, 4) is 0 Å². The van der Waals surface area contributed by atoms with Gasteiger partial charge in [0.15, 0.2) is 12.0 Å². The van der Waals surface area contributed by atoms with Crippen molar-refractivity contribution < 1.29 is 26.7 Å². The fourth-order valence-electron chi connectivity index (χ4n) is 1.24. The third kappa shape index (κ3) is 2.76. The van der Waals surface area contributed by atoms with E-state index >= 15 is 0 Å². The number of aldehydes is 1. The SMILES string of the molecule is NCc1nc(C(F)(F)F)c(C(F)F)cc1C=O. The van der Waals surface area contributed by atoms with Gasteiger partial charge in [-0.15, -0.1) is 0 Å². The molecule has 2 N–H and O–H groups in total. The summed E-state index contributed by atoms with van der Waals surface area (Å²) >= 11 is 0. The zero-order valence-corrected chi connectivity index (χ0v) is 8.26. The van der Waals surface area contributed by atoms with Gasteiger partial charge in [-0.3, -0.25) is 4.79 Å². The van der Waals surface area contributed by atoms with Crippen LogP contribution in [-0.4, -0.2) is 11.3 Å². The number of hydrogen-bond donors (Lipinski definition) is 1. The average molecular weight is 254 g/mol. The Kier molecular flexibility index (Phi) is 3.76. The number of carbonyl (C=O) groups excluding carboxylic acids is 1. The number of halogens is 5. The predicted molar refractivity (Wildman–Crippen MR) is 47.5 cm³/mol. The van der Waals surface area contributed by atoms with Gasteiger partial charge in [-0.25, -0.2) is 13.8 Å². The first kappa shape index (κ1) is 13.5. The Morgan fingerprint density at radius 1 is 1.41 bits per heavy atom. The van der Waals surface area contributed by atoms with Crippen LogP contribution in [0.1, 0.15) is 33.7 Å². The maximum absolute atomic E-state index is 12.4. The third-order valence-corrected chi connectivity index (χ3v) is 1.99. The van der Waals surface area contributed by atoms with Crippen LogP contribution in [0.4, 0.5) is 22.0 Å². The van der Waals surface area contributed by atoms with Crippen molar-refractivity contribution in [1.29, 1.82) is 0 Å². The first-order valence-electron chi connectivity index (χ1n) is 4.35. The minimum Gasteiger partial charge on any atom is -0.325 e. The molecule has 8 heteroatoms. The molecule has 0 aliphatic carbocycles. The topological polar surface area (TPSA) is 56.0 Å². The Bertz CT molecular complexity index is 430. The summed E-state index contributed by atoms with van der Waals surface area (Å²) in [5, 5.41) is 0. The fourth-order valence-corrected chi connectivity index (χ4v) is 1.24. The molecule has 1 heterocycles. The van der Waals surface area contributed by atoms with Crippen LogP contribution in [0.5, 0.6) is 0 Å². The highest BCUT2D eigenvalue weighted by molar-refractivity contribution is 5.77. The first-order chi connectivity index (χ1) is 7.81. The standard InChI is InChI=1S/C9H7F5N2O/c10-8(11)5-1-4(3-17)6(2-15)16-7(5)9(12,13)14/h1,3,8H,2,15H2. The molecule has 0 unspecified atom stereocenters. The Labute approximate surface area is 92.4 Å². The van der Waals surface area contributed by atoms with Crippen LogP contribution in [0.2, 0.25) is 0 Å². The monoisotopic (exact) mass is 254 g/mol. The minimum atomic E-state index is -5.02. The molecule has 1 rings (SSSR count). The smallest absolute Gasteiger partial charge is 0.325 e. The van der Waals surface area contributed by atoms with Gasteiger partial charge in [0.25, 0.3) is 6.43 Å². The fraction of sp³-hybridized carbons (Fsp3) is 0.333. The molecule has 0 aromatic carbocycles. The van der Waals surface area contributed by atoms with Crippen molar-refractivity contribution >= 4 is 6.29 Å². The molecule has 1 aromatic rings. The van der Waals surface area contributed by atoms with E-state index in [4.69, 9.17) is 5.73 Å². The van der Waals surface area contributed by atoms with Gasteiger partial charge in [-0.1, -0.05) is 0 Å². The molecular formula is C9H7F5N2O. The second-order valence-corrected chi connectivity index (χ2v) is 3.08. The van der Waals surface area contributed by atoms with E-state index < -0.39 is 30.4 Å². The van der Waals surface area contributed by atoms with Gasteiger partial charge in [-0.05, 0) is 6.07 Å². The van der Waals surface area contributed by atoms with Crippen molar-refractivity contribution in [3.05, 3.63) is 28.6 Å². The minimum absolute atomic E-state index is 0.140. The van der Waals surface area contributed by atoms with Gasteiger partial charge in [0, 0.05) is 17.7 Å². The van der Waals surface area contributed by atoms with Crippen molar-refractivity contribution in [2.45, 2.75) is 19.1 Å². The van der Waals surface area contributed by atoms with Gasteiger partial charge < -0.3 is 5.73 Å². The van der Waals surface area contributed by atoms with Crippen LogP contribution in [0.25, 0.3) is 0 Å². The third-order valence-electron chi connectivity index (χ3n) is 1.99. The number of carbonyl (C=O) groups is 1. The van der Waals surface area contributed by atoms with Crippen LogP contribution in [0.15, 0.2) is 6.07 Å². The first-order valence-corrected chi connectivity index (χ1v) is 4.35. The lowest BCUT2D eigenvalue weighted by atomic mass is 10.1. The molecule has 0 aliphatic heterocycles. The summed E-state index contributed by atoms with van der Waals surface area (Å²) in [7, 11) is 0. The van der Waals surface area contributed by atoms with E-state index in [0.29, 0.717) is 6.07 Å². The van der Waals surface area contributed by atoms with Crippen LogP contribution in [0.3, 0.4) is 0 Å². The average Bonchev–Trinajstić information content (AvgIpc) is 2.25. The van der Waals surface area contributed by atoms with Crippen molar-refractivity contribution in [1.82, 2.24) is 4.98 Å².